The van der Waals surface area contributed by atoms with Gasteiger partial charge in [0, 0.05) is 17.0 Å². The van der Waals surface area contributed by atoms with Gasteiger partial charge in [0.25, 0.3) is 0 Å². The zero-order valence-electron chi connectivity index (χ0n) is 7.67. The van der Waals surface area contributed by atoms with E-state index >= 15 is 0 Å². The Bertz CT molecular complexity index is 308. The van der Waals surface area contributed by atoms with Gasteiger partial charge in [-0.05, 0) is 18.4 Å². The summed E-state index contributed by atoms with van der Waals surface area (Å²) in [6, 6.07) is 2.00. The van der Waals surface area contributed by atoms with Crippen LogP contribution < -0.4 is 5.73 Å². The molecule has 0 fully saturated rings. The highest BCUT2D eigenvalue weighted by atomic mass is 32.1. The Hall–Kier alpha value is -0.820. The largest absolute Gasteiger partial charge is 0.376 e. The minimum absolute atomic E-state index is 0.407. The summed E-state index contributed by atoms with van der Waals surface area (Å²) in [7, 11) is 0. The fourth-order valence-electron chi connectivity index (χ4n) is 0.905. The molecular weight excluding hydrogens is 182 g/mol. The molecule has 0 radical (unpaired) electrons. The lowest BCUT2D eigenvalue weighted by molar-refractivity contribution is 0.136. The highest BCUT2D eigenvalue weighted by Crippen LogP contribution is 2.16. The van der Waals surface area contributed by atoms with Gasteiger partial charge >= 0.3 is 0 Å². The first kappa shape index (κ1) is 10.3. The Balaban J connectivity index is 2.65. The van der Waals surface area contributed by atoms with E-state index in [-0.39, 0.29) is 0 Å². The van der Waals surface area contributed by atoms with Crippen molar-refractivity contribution >= 4 is 11.3 Å². The molecule has 3 heteroatoms. The van der Waals surface area contributed by atoms with Crippen molar-refractivity contribution in [3.05, 3.63) is 21.9 Å². The van der Waals surface area contributed by atoms with E-state index in [0.29, 0.717) is 13.2 Å². The van der Waals surface area contributed by atoms with Crippen LogP contribution in [0.1, 0.15) is 17.4 Å². The van der Waals surface area contributed by atoms with Gasteiger partial charge in [-0.15, -0.1) is 11.3 Å². The number of hydrogen-bond donors (Lipinski definition) is 1. The summed E-state index contributed by atoms with van der Waals surface area (Å²) in [5.74, 6) is 5.85. The van der Waals surface area contributed by atoms with E-state index in [2.05, 4.69) is 11.8 Å². The quantitative estimate of drug-likeness (QED) is 0.743. The predicted molar refractivity (Wildman–Crippen MR) is 55.6 cm³/mol. The van der Waals surface area contributed by atoms with Gasteiger partial charge in [0.15, 0.2) is 0 Å². The molecule has 0 aliphatic carbocycles. The van der Waals surface area contributed by atoms with E-state index in [9.17, 15) is 0 Å². The van der Waals surface area contributed by atoms with E-state index in [1.54, 1.807) is 11.3 Å². The Morgan fingerprint density at radius 3 is 3.15 bits per heavy atom. The monoisotopic (exact) mass is 195 g/mol. The molecular formula is C10H13NOS. The Morgan fingerprint density at radius 2 is 2.46 bits per heavy atom. The second kappa shape index (κ2) is 5.76. The van der Waals surface area contributed by atoms with Gasteiger partial charge < -0.3 is 10.5 Å². The van der Waals surface area contributed by atoms with Crippen LogP contribution in [0.25, 0.3) is 0 Å². The maximum absolute atomic E-state index is 5.31. The van der Waals surface area contributed by atoms with Crippen LogP contribution in [0.2, 0.25) is 0 Å². The van der Waals surface area contributed by atoms with Crippen molar-refractivity contribution in [2.24, 2.45) is 5.73 Å². The summed E-state index contributed by atoms with van der Waals surface area (Å²) in [6.45, 7) is 3.78. The van der Waals surface area contributed by atoms with Crippen molar-refractivity contribution in [2.75, 3.05) is 13.2 Å². The average Bonchev–Trinajstić information content (AvgIpc) is 2.59. The van der Waals surface area contributed by atoms with Crippen LogP contribution in [0.5, 0.6) is 0 Å². The molecule has 2 N–H and O–H groups in total. The van der Waals surface area contributed by atoms with Gasteiger partial charge in [0.2, 0.25) is 0 Å². The normalized spacial score (nSPS) is 9.38. The van der Waals surface area contributed by atoms with Gasteiger partial charge in [-0.2, -0.15) is 0 Å². The molecule has 0 unspecified atom stereocenters. The first-order valence-electron chi connectivity index (χ1n) is 4.21. The molecule has 1 aromatic heterocycles. The molecule has 2 nitrogen and oxygen atoms in total. The van der Waals surface area contributed by atoms with Crippen molar-refractivity contribution in [3.63, 3.8) is 0 Å². The number of rotatable bonds is 3. The Morgan fingerprint density at radius 1 is 1.62 bits per heavy atom. The Kier molecular flexibility index (Phi) is 4.55. The summed E-state index contributed by atoms with van der Waals surface area (Å²) in [5, 5.41) is 2.02. The number of ether oxygens (including phenoxy) is 1. The standard InChI is InChI=1S/C10H13NOS/c1-2-12-8-10-9(4-3-6-11)5-7-13-10/h5,7H,2,6,8,11H2,1H3. The molecule has 70 valence electrons. The van der Waals surface area contributed by atoms with E-state index < -0.39 is 0 Å². The van der Waals surface area contributed by atoms with Crippen molar-refractivity contribution in [2.45, 2.75) is 13.5 Å². The van der Waals surface area contributed by atoms with Crippen molar-refractivity contribution in [1.82, 2.24) is 0 Å². The van der Waals surface area contributed by atoms with E-state index in [1.807, 2.05) is 18.4 Å². The molecule has 0 amide bonds. The Labute approximate surface area is 82.7 Å². The lowest BCUT2D eigenvalue weighted by atomic mass is 10.2. The lowest BCUT2D eigenvalue weighted by Gasteiger charge is -1.97. The lowest BCUT2D eigenvalue weighted by Crippen LogP contribution is -1.94. The molecule has 0 aliphatic heterocycles. The van der Waals surface area contributed by atoms with E-state index in [0.717, 1.165) is 12.2 Å². The zero-order chi connectivity index (χ0) is 9.52. The summed E-state index contributed by atoms with van der Waals surface area (Å²) in [4.78, 5) is 1.18. The van der Waals surface area contributed by atoms with Crippen LogP contribution in [0.15, 0.2) is 11.4 Å². The molecule has 0 spiro atoms. The maximum Gasteiger partial charge on any atom is 0.0821 e. The molecule has 0 atom stereocenters. The molecule has 1 aromatic rings. The molecule has 0 saturated carbocycles. The van der Waals surface area contributed by atoms with Gasteiger partial charge in [-0.3, -0.25) is 0 Å². The van der Waals surface area contributed by atoms with Crippen LogP contribution in [0.4, 0.5) is 0 Å². The SMILES string of the molecule is CCOCc1sccc1C#CCN. The smallest absolute Gasteiger partial charge is 0.0821 e. The maximum atomic E-state index is 5.31. The highest BCUT2D eigenvalue weighted by molar-refractivity contribution is 7.10. The molecule has 13 heavy (non-hydrogen) atoms. The van der Waals surface area contributed by atoms with Crippen LogP contribution in [0, 0.1) is 11.8 Å². The fraction of sp³-hybridized carbons (Fsp3) is 0.400. The first-order valence-corrected chi connectivity index (χ1v) is 5.09. The second-order valence-electron chi connectivity index (χ2n) is 2.40. The summed E-state index contributed by atoms with van der Waals surface area (Å²) in [5.41, 5.74) is 6.34. The van der Waals surface area contributed by atoms with Crippen LogP contribution in [-0.2, 0) is 11.3 Å². The van der Waals surface area contributed by atoms with Crippen LogP contribution >= 0.6 is 11.3 Å². The minimum atomic E-state index is 0.407. The third-order valence-electron chi connectivity index (χ3n) is 1.51. The highest BCUT2D eigenvalue weighted by Gasteiger charge is 2.00. The predicted octanol–water partition coefficient (Wildman–Crippen LogP) is 1.59. The minimum Gasteiger partial charge on any atom is -0.376 e. The van der Waals surface area contributed by atoms with Crippen LogP contribution in [-0.4, -0.2) is 13.2 Å². The van der Waals surface area contributed by atoms with Gasteiger partial charge in [0.05, 0.1) is 13.2 Å². The van der Waals surface area contributed by atoms with Gasteiger partial charge in [-0.1, -0.05) is 11.8 Å². The third-order valence-corrected chi connectivity index (χ3v) is 2.40. The molecule has 1 heterocycles. The summed E-state index contributed by atoms with van der Waals surface area (Å²) in [6.07, 6.45) is 0. The molecule has 0 aromatic carbocycles. The van der Waals surface area contributed by atoms with Crippen molar-refractivity contribution in [1.29, 1.82) is 0 Å². The van der Waals surface area contributed by atoms with Crippen molar-refractivity contribution in [3.8, 4) is 11.8 Å². The van der Waals surface area contributed by atoms with E-state index in [4.69, 9.17) is 10.5 Å². The van der Waals surface area contributed by atoms with Crippen LogP contribution in [0.3, 0.4) is 0 Å². The topological polar surface area (TPSA) is 35.2 Å². The first-order chi connectivity index (χ1) is 6.38. The molecule has 0 aliphatic rings. The summed E-state index contributed by atoms with van der Waals surface area (Å²) >= 11 is 1.67. The molecule has 0 saturated heterocycles. The zero-order valence-corrected chi connectivity index (χ0v) is 8.49. The number of hydrogen-bond acceptors (Lipinski definition) is 3. The second-order valence-corrected chi connectivity index (χ2v) is 3.40. The third kappa shape index (κ3) is 3.19. The summed E-state index contributed by atoms with van der Waals surface area (Å²) < 4.78 is 5.31. The average molecular weight is 195 g/mol. The molecule has 1 rings (SSSR count). The number of nitrogens with two attached hydrogens (primary N) is 1. The number of thiophene rings is 1. The fourth-order valence-corrected chi connectivity index (χ4v) is 1.67. The van der Waals surface area contributed by atoms with Gasteiger partial charge in [-0.25, -0.2) is 0 Å². The molecule has 0 bridgehead atoms. The van der Waals surface area contributed by atoms with Gasteiger partial charge in [0.1, 0.15) is 0 Å². The van der Waals surface area contributed by atoms with E-state index in [1.165, 1.54) is 4.88 Å². The van der Waals surface area contributed by atoms with Crippen molar-refractivity contribution < 1.29 is 4.74 Å².